The number of halogens is 1. The molecule has 1 heterocycles. The summed E-state index contributed by atoms with van der Waals surface area (Å²) in [4.78, 5) is 0. The summed E-state index contributed by atoms with van der Waals surface area (Å²) in [6, 6.07) is 4.04. The zero-order valence-electron chi connectivity index (χ0n) is 8.58. The molecule has 4 heteroatoms. The molecule has 0 saturated heterocycles. The van der Waals surface area contributed by atoms with Crippen LogP contribution >= 0.6 is 11.6 Å². The van der Waals surface area contributed by atoms with Crippen molar-refractivity contribution in [2.75, 3.05) is 6.61 Å². The lowest BCUT2D eigenvalue weighted by Crippen LogP contribution is -2.33. The zero-order valence-corrected chi connectivity index (χ0v) is 9.33. The highest BCUT2D eigenvalue weighted by Gasteiger charge is 2.25. The van der Waals surface area contributed by atoms with Gasteiger partial charge in [-0.15, -0.1) is 0 Å². The molecule has 1 aliphatic rings. The van der Waals surface area contributed by atoms with Gasteiger partial charge in [-0.2, -0.15) is 0 Å². The van der Waals surface area contributed by atoms with Crippen LogP contribution in [0.1, 0.15) is 25.0 Å². The summed E-state index contributed by atoms with van der Waals surface area (Å²) in [5.74, 6) is 1.25. The maximum absolute atomic E-state index is 9.15. The smallest absolute Gasteiger partial charge is 0.193 e. The van der Waals surface area contributed by atoms with Gasteiger partial charge in [0.1, 0.15) is 5.76 Å². The minimum absolute atomic E-state index is 0.274. The highest BCUT2D eigenvalue weighted by molar-refractivity contribution is 6.28. The number of hydrogen-bond acceptors (Lipinski definition) is 3. The van der Waals surface area contributed by atoms with Crippen molar-refractivity contribution in [2.24, 2.45) is 5.92 Å². The van der Waals surface area contributed by atoms with Crippen LogP contribution in [-0.2, 0) is 6.54 Å². The monoisotopic (exact) mass is 229 g/mol. The third-order valence-corrected chi connectivity index (χ3v) is 3.26. The lowest BCUT2D eigenvalue weighted by atomic mass is 10.1. The van der Waals surface area contributed by atoms with Gasteiger partial charge >= 0.3 is 0 Å². The Hall–Kier alpha value is -0.510. The fourth-order valence-electron chi connectivity index (χ4n) is 2.20. The molecule has 0 radical (unpaired) electrons. The Morgan fingerprint density at radius 3 is 3.00 bits per heavy atom. The first-order valence-corrected chi connectivity index (χ1v) is 5.76. The molecule has 2 atom stereocenters. The van der Waals surface area contributed by atoms with Crippen LogP contribution in [0.2, 0.25) is 5.22 Å². The fraction of sp³-hybridized carbons (Fsp3) is 0.636. The molecular weight excluding hydrogens is 214 g/mol. The minimum atomic E-state index is 0.274. The Labute approximate surface area is 94.4 Å². The van der Waals surface area contributed by atoms with E-state index in [2.05, 4.69) is 5.32 Å². The second-order valence-corrected chi connectivity index (χ2v) is 4.44. The van der Waals surface area contributed by atoms with Crippen LogP contribution in [-0.4, -0.2) is 17.8 Å². The van der Waals surface area contributed by atoms with Crippen LogP contribution in [0.25, 0.3) is 0 Å². The first-order chi connectivity index (χ1) is 7.29. The maximum atomic E-state index is 9.15. The van der Waals surface area contributed by atoms with E-state index in [4.69, 9.17) is 21.1 Å². The molecule has 2 unspecified atom stereocenters. The highest BCUT2D eigenvalue weighted by atomic mass is 35.5. The van der Waals surface area contributed by atoms with Crippen LogP contribution < -0.4 is 5.32 Å². The first-order valence-electron chi connectivity index (χ1n) is 5.38. The Bertz CT molecular complexity index is 313. The molecule has 0 bridgehead atoms. The molecule has 1 saturated carbocycles. The molecule has 1 aromatic heterocycles. The third kappa shape index (κ3) is 2.74. The van der Waals surface area contributed by atoms with E-state index in [0.29, 0.717) is 23.7 Å². The SMILES string of the molecule is OCC1CCCC1NCc1ccc(Cl)o1. The Kier molecular flexibility index (Phi) is 3.67. The summed E-state index contributed by atoms with van der Waals surface area (Å²) in [6.45, 7) is 0.963. The molecule has 1 fully saturated rings. The van der Waals surface area contributed by atoms with Gasteiger partial charge in [-0.3, -0.25) is 0 Å². The van der Waals surface area contributed by atoms with E-state index in [9.17, 15) is 0 Å². The molecule has 3 nitrogen and oxygen atoms in total. The van der Waals surface area contributed by atoms with E-state index in [1.54, 1.807) is 6.07 Å². The lowest BCUT2D eigenvalue weighted by molar-refractivity contribution is 0.203. The van der Waals surface area contributed by atoms with E-state index in [1.165, 1.54) is 6.42 Å². The molecular formula is C11H16ClNO2. The third-order valence-electron chi connectivity index (χ3n) is 3.06. The molecule has 1 aliphatic carbocycles. The Morgan fingerprint density at radius 1 is 1.47 bits per heavy atom. The molecule has 1 aromatic rings. The van der Waals surface area contributed by atoms with Gasteiger partial charge in [-0.05, 0) is 42.5 Å². The van der Waals surface area contributed by atoms with Crippen molar-refractivity contribution in [1.82, 2.24) is 5.32 Å². The van der Waals surface area contributed by atoms with Crippen molar-refractivity contribution in [1.29, 1.82) is 0 Å². The largest absolute Gasteiger partial charge is 0.448 e. The van der Waals surface area contributed by atoms with Crippen LogP contribution in [0.4, 0.5) is 0 Å². The van der Waals surface area contributed by atoms with E-state index in [1.807, 2.05) is 6.07 Å². The molecule has 0 aliphatic heterocycles. The molecule has 0 aromatic carbocycles. The number of aliphatic hydroxyl groups is 1. The molecule has 15 heavy (non-hydrogen) atoms. The zero-order chi connectivity index (χ0) is 10.7. The molecule has 0 amide bonds. The second-order valence-electron chi connectivity index (χ2n) is 4.07. The van der Waals surface area contributed by atoms with Crippen molar-refractivity contribution in [2.45, 2.75) is 31.8 Å². The number of aliphatic hydroxyl groups excluding tert-OH is 1. The molecule has 2 N–H and O–H groups in total. The van der Waals surface area contributed by atoms with Crippen molar-refractivity contribution < 1.29 is 9.52 Å². The second kappa shape index (κ2) is 5.01. The van der Waals surface area contributed by atoms with Gasteiger partial charge in [-0.1, -0.05) is 6.42 Å². The van der Waals surface area contributed by atoms with Crippen LogP contribution in [0.15, 0.2) is 16.5 Å². The molecule has 0 spiro atoms. The number of nitrogens with one attached hydrogen (secondary N) is 1. The van der Waals surface area contributed by atoms with Crippen molar-refractivity contribution in [3.05, 3.63) is 23.1 Å². The minimum Gasteiger partial charge on any atom is -0.448 e. The van der Waals surface area contributed by atoms with Gasteiger partial charge in [-0.25, -0.2) is 0 Å². The fourth-order valence-corrected chi connectivity index (χ4v) is 2.36. The van der Waals surface area contributed by atoms with Crippen molar-refractivity contribution in [3.8, 4) is 0 Å². The van der Waals surface area contributed by atoms with Gasteiger partial charge in [0.05, 0.1) is 6.54 Å². The van der Waals surface area contributed by atoms with E-state index in [0.717, 1.165) is 18.6 Å². The topological polar surface area (TPSA) is 45.4 Å². The Balaban J connectivity index is 1.82. The summed E-state index contributed by atoms with van der Waals surface area (Å²) >= 11 is 5.68. The number of furan rings is 1. The van der Waals surface area contributed by atoms with Crippen molar-refractivity contribution >= 4 is 11.6 Å². The van der Waals surface area contributed by atoms with Crippen LogP contribution in [0.3, 0.4) is 0 Å². The maximum Gasteiger partial charge on any atom is 0.193 e. The van der Waals surface area contributed by atoms with Crippen LogP contribution in [0, 0.1) is 5.92 Å². The molecule has 84 valence electrons. The number of hydrogen-bond donors (Lipinski definition) is 2. The summed E-state index contributed by atoms with van der Waals surface area (Å²) in [6.07, 6.45) is 3.45. The summed E-state index contributed by atoms with van der Waals surface area (Å²) in [7, 11) is 0. The predicted molar refractivity (Wildman–Crippen MR) is 58.8 cm³/mol. The Morgan fingerprint density at radius 2 is 2.33 bits per heavy atom. The normalized spacial score (nSPS) is 26.0. The standard InChI is InChI=1S/C11H16ClNO2/c12-11-5-4-9(15-11)6-13-10-3-1-2-8(10)7-14/h4-5,8,10,13-14H,1-3,6-7H2. The average Bonchev–Trinajstić information content (AvgIpc) is 2.83. The highest BCUT2D eigenvalue weighted by Crippen LogP contribution is 2.25. The number of rotatable bonds is 4. The van der Waals surface area contributed by atoms with Gasteiger partial charge in [0.25, 0.3) is 0 Å². The van der Waals surface area contributed by atoms with Gasteiger partial charge in [0.2, 0.25) is 0 Å². The van der Waals surface area contributed by atoms with Crippen LogP contribution in [0.5, 0.6) is 0 Å². The van der Waals surface area contributed by atoms with Gasteiger partial charge < -0.3 is 14.8 Å². The first kappa shape index (κ1) is 11.0. The van der Waals surface area contributed by atoms with E-state index in [-0.39, 0.29) is 6.61 Å². The summed E-state index contributed by atoms with van der Waals surface area (Å²) in [5.41, 5.74) is 0. The average molecular weight is 230 g/mol. The molecule has 2 rings (SSSR count). The van der Waals surface area contributed by atoms with Crippen molar-refractivity contribution in [3.63, 3.8) is 0 Å². The van der Waals surface area contributed by atoms with Gasteiger partial charge in [0.15, 0.2) is 5.22 Å². The quantitative estimate of drug-likeness (QED) is 0.832. The summed E-state index contributed by atoms with van der Waals surface area (Å²) in [5, 5.41) is 13.0. The summed E-state index contributed by atoms with van der Waals surface area (Å²) < 4.78 is 5.25. The lowest BCUT2D eigenvalue weighted by Gasteiger charge is -2.18. The predicted octanol–water partition coefficient (Wildman–Crippen LogP) is 2.18. The van der Waals surface area contributed by atoms with E-state index >= 15 is 0 Å². The van der Waals surface area contributed by atoms with E-state index < -0.39 is 0 Å². The van der Waals surface area contributed by atoms with Gasteiger partial charge in [0, 0.05) is 12.6 Å².